The normalized spacial score (nSPS) is 14.0. The Morgan fingerprint density at radius 1 is 0.600 bits per heavy atom. The summed E-state index contributed by atoms with van der Waals surface area (Å²) in [6, 6.07) is 5.54. The average molecular weight is 452 g/mol. The Hall–Kier alpha value is -2.03. The van der Waals surface area contributed by atoms with E-state index in [-0.39, 0.29) is 5.04 Å². The summed E-state index contributed by atoms with van der Waals surface area (Å²) >= 11 is 0. The Morgan fingerprint density at radius 2 is 0.933 bits per heavy atom. The molecule has 0 fully saturated rings. The van der Waals surface area contributed by atoms with Gasteiger partial charge in [-0.05, 0) is 54.5 Å². The van der Waals surface area contributed by atoms with Gasteiger partial charge in [0, 0.05) is 11.1 Å². The van der Waals surface area contributed by atoms with Crippen molar-refractivity contribution in [3.8, 4) is 5.75 Å². The summed E-state index contributed by atoms with van der Waals surface area (Å²) in [5, 5.41) is -0.148. The van der Waals surface area contributed by atoms with E-state index in [1.165, 1.54) is 12.1 Å². The van der Waals surface area contributed by atoms with E-state index >= 15 is 0 Å². The minimum absolute atomic E-state index is 0.148. The molecular weight excluding hydrogens is 429 g/mol. The van der Waals surface area contributed by atoms with E-state index in [1.807, 2.05) is 33.9 Å². The molecule has 0 amide bonds. The molecule has 0 aromatic heterocycles. The van der Waals surface area contributed by atoms with Crippen LogP contribution in [0, 0.1) is 0 Å². The third-order valence-corrected chi connectivity index (χ3v) is 9.72. The van der Waals surface area contributed by atoms with E-state index in [0.717, 1.165) is 12.1 Å². The first-order valence-electron chi connectivity index (χ1n) is 9.12. The fourth-order valence-electron chi connectivity index (χ4n) is 2.41. The van der Waals surface area contributed by atoms with Crippen molar-refractivity contribution in [1.29, 1.82) is 0 Å². The highest BCUT2D eigenvalue weighted by Gasteiger charge is 2.58. The fraction of sp³-hybridized carbons (Fsp3) is 0.429. The minimum atomic E-state index is -4.75. The predicted molar refractivity (Wildman–Crippen MR) is 103 cm³/mol. The average Bonchev–Trinajstić information content (AvgIpc) is 2.60. The zero-order valence-electron chi connectivity index (χ0n) is 17.2. The van der Waals surface area contributed by atoms with E-state index in [1.54, 1.807) is 0 Å². The maximum atomic E-state index is 14.6. The van der Waals surface area contributed by atoms with Crippen LogP contribution in [0.1, 0.15) is 37.5 Å². The lowest BCUT2D eigenvalue weighted by atomic mass is 9.95. The summed E-state index contributed by atoms with van der Waals surface area (Å²) in [5.74, 6) is -9.06. The smallest absolute Gasteiger partial charge is 0.416 e. The molecule has 166 valence electrons. The topological polar surface area (TPSA) is 9.23 Å². The molecule has 0 aliphatic heterocycles. The molecule has 0 radical (unpaired) electrons. The van der Waals surface area contributed by atoms with Crippen LogP contribution < -0.4 is 4.43 Å². The van der Waals surface area contributed by atoms with Crippen molar-refractivity contribution in [2.45, 2.75) is 56.9 Å². The zero-order chi connectivity index (χ0) is 23.2. The van der Waals surface area contributed by atoms with Gasteiger partial charge in [-0.3, -0.25) is 0 Å². The first-order valence-corrected chi connectivity index (χ1v) is 12.0. The minimum Gasteiger partial charge on any atom is -0.544 e. The van der Waals surface area contributed by atoms with Gasteiger partial charge in [-0.25, -0.2) is 0 Å². The maximum absolute atomic E-state index is 14.6. The molecule has 0 aliphatic rings. The maximum Gasteiger partial charge on any atom is 0.416 e. The zero-order valence-corrected chi connectivity index (χ0v) is 18.2. The molecule has 0 saturated carbocycles. The fourth-order valence-corrected chi connectivity index (χ4v) is 3.44. The van der Waals surface area contributed by atoms with Gasteiger partial charge in [0.15, 0.2) is 0 Å². The number of hydrogen-bond acceptors (Lipinski definition) is 1. The third kappa shape index (κ3) is 4.66. The van der Waals surface area contributed by atoms with Crippen LogP contribution in [0.5, 0.6) is 5.75 Å². The van der Waals surface area contributed by atoms with Crippen molar-refractivity contribution in [2.75, 3.05) is 0 Å². The molecule has 0 unspecified atom stereocenters. The summed E-state index contributed by atoms with van der Waals surface area (Å²) in [4.78, 5) is 0. The summed E-state index contributed by atoms with van der Waals surface area (Å²) < 4.78 is 102. The molecule has 30 heavy (non-hydrogen) atoms. The van der Waals surface area contributed by atoms with Gasteiger partial charge >= 0.3 is 18.0 Å². The van der Waals surface area contributed by atoms with Gasteiger partial charge in [-0.2, -0.15) is 30.7 Å². The van der Waals surface area contributed by atoms with E-state index in [0.29, 0.717) is 30.0 Å². The number of alkyl halides is 7. The second-order valence-electron chi connectivity index (χ2n) is 8.61. The quantitative estimate of drug-likeness (QED) is 0.330. The van der Waals surface area contributed by atoms with Crippen LogP contribution in [0.25, 0.3) is 0 Å². The van der Waals surface area contributed by atoms with Crippen molar-refractivity contribution in [3.63, 3.8) is 0 Å². The van der Waals surface area contributed by atoms with Gasteiger partial charge < -0.3 is 4.43 Å². The van der Waals surface area contributed by atoms with Crippen molar-refractivity contribution in [2.24, 2.45) is 0 Å². The molecule has 2 aromatic carbocycles. The summed E-state index contributed by atoms with van der Waals surface area (Å²) in [7, 11) is -2.25. The lowest BCUT2D eigenvalue weighted by Gasteiger charge is -2.36. The van der Waals surface area contributed by atoms with E-state index in [4.69, 9.17) is 4.43 Å². The molecule has 9 heteroatoms. The van der Waals surface area contributed by atoms with Crippen LogP contribution in [0.2, 0.25) is 18.1 Å². The highest BCUT2D eigenvalue weighted by atomic mass is 28.4. The molecule has 0 N–H and O–H groups in total. The molecule has 0 bridgehead atoms. The molecule has 2 rings (SSSR count). The highest BCUT2D eigenvalue weighted by molar-refractivity contribution is 6.74. The van der Waals surface area contributed by atoms with Crippen LogP contribution in [0.4, 0.5) is 30.7 Å². The van der Waals surface area contributed by atoms with Crippen molar-refractivity contribution < 1.29 is 35.2 Å². The van der Waals surface area contributed by atoms with E-state index < -0.39 is 43.0 Å². The second kappa shape index (κ2) is 7.58. The van der Waals surface area contributed by atoms with Crippen molar-refractivity contribution >= 4 is 8.32 Å². The molecule has 0 aliphatic carbocycles. The molecule has 0 atom stereocenters. The van der Waals surface area contributed by atoms with Gasteiger partial charge in [0.1, 0.15) is 5.75 Å². The van der Waals surface area contributed by atoms with E-state index in [9.17, 15) is 30.7 Å². The van der Waals surface area contributed by atoms with Crippen LogP contribution in [-0.2, 0) is 18.0 Å². The standard InChI is InChI=1S/C21H23F7OSi/c1-18(2,3)30(4,5)29-17-12-10-15(11-13-17)20(24,25)19(22,23)14-6-8-16(9-7-14)21(26,27)28/h6-13H,1-5H3. The Balaban J connectivity index is 2.31. The summed E-state index contributed by atoms with van der Waals surface area (Å²) in [6.07, 6.45) is -4.75. The van der Waals surface area contributed by atoms with Gasteiger partial charge in [-0.1, -0.05) is 32.9 Å². The Morgan fingerprint density at radius 3 is 1.27 bits per heavy atom. The van der Waals surface area contributed by atoms with Crippen LogP contribution in [0.15, 0.2) is 48.5 Å². The highest BCUT2D eigenvalue weighted by Crippen LogP contribution is 2.50. The molecular formula is C21H23F7OSi. The number of hydrogen-bond donors (Lipinski definition) is 0. The van der Waals surface area contributed by atoms with Gasteiger partial charge in [0.2, 0.25) is 8.32 Å². The van der Waals surface area contributed by atoms with Crippen molar-refractivity contribution in [1.82, 2.24) is 0 Å². The molecule has 0 saturated heterocycles. The lowest BCUT2D eigenvalue weighted by molar-refractivity contribution is -0.223. The largest absolute Gasteiger partial charge is 0.544 e. The van der Waals surface area contributed by atoms with Crippen LogP contribution in [-0.4, -0.2) is 8.32 Å². The Labute approximate surface area is 172 Å². The molecule has 2 aromatic rings. The second-order valence-corrected chi connectivity index (χ2v) is 13.3. The summed E-state index contributed by atoms with van der Waals surface area (Å²) in [5.41, 5.74) is -3.37. The number of benzene rings is 2. The van der Waals surface area contributed by atoms with Crippen LogP contribution in [0.3, 0.4) is 0 Å². The van der Waals surface area contributed by atoms with Crippen LogP contribution >= 0.6 is 0 Å². The third-order valence-electron chi connectivity index (χ3n) is 5.37. The summed E-state index contributed by atoms with van der Waals surface area (Å²) in [6.45, 7) is 9.88. The van der Waals surface area contributed by atoms with Crippen molar-refractivity contribution in [3.05, 3.63) is 65.2 Å². The first kappa shape index (κ1) is 24.2. The molecule has 0 spiro atoms. The number of halogens is 7. The van der Waals surface area contributed by atoms with Gasteiger partial charge in [-0.15, -0.1) is 0 Å². The molecule has 0 heterocycles. The first-order chi connectivity index (χ1) is 13.4. The van der Waals surface area contributed by atoms with E-state index in [2.05, 4.69) is 0 Å². The predicted octanol–water partition coefficient (Wildman–Crippen LogP) is 7.97. The Kier molecular flexibility index (Phi) is 6.13. The number of rotatable bonds is 5. The van der Waals surface area contributed by atoms with Gasteiger partial charge in [0.25, 0.3) is 0 Å². The Bertz CT molecular complexity index is 864. The van der Waals surface area contributed by atoms with Gasteiger partial charge in [0.05, 0.1) is 5.56 Å². The monoisotopic (exact) mass is 452 g/mol. The SMILES string of the molecule is CC(C)(C)[Si](C)(C)Oc1ccc(C(F)(F)C(F)(F)c2ccc(C(F)(F)F)cc2)cc1. The lowest BCUT2D eigenvalue weighted by Crippen LogP contribution is -2.43. The molecule has 1 nitrogen and oxygen atoms in total.